The van der Waals surface area contributed by atoms with Gasteiger partial charge in [0.1, 0.15) is 5.56 Å². The van der Waals surface area contributed by atoms with Gasteiger partial charge in [-0.25, -0.2) is 9.50 Å². The summed E-state index contributed by atoms with van der Waals surface area (Å²) in [5.41, 5.74) is 5.13. The molecule has 26 heavy (non-hydrogen) atoms. The van der Waals surface area contributed by atoms with E-state index in [1.54, 1.807) is 10.7 Å². The summed E-state index contributed by atoms with van der Waals surface area (Å²) in [5, 5.41) is 7.29. The summed E-state index contributed by atoms with van der Waals surface area (Å²) in [5.74, 6) is -0.197. The van der Waals surface area contributed by atoms with E-state index in [-0.39, 0.29) is 5.91 Å². The molecule has 1 amide bonds. The number of nitrogens with zero attached hydrogens (tertiary/aromatic N) is 4. The normalized spacial score (nSPS) is 11.3. The van der Waals surface area contributed by atoms with Crippen molar-refractivity contribution in [3.63, 3.8) is 0 Å². The summed E-state index contributed by atoms with van der Waals surface area (Å²) in [7, 11) is 0. The second-order valence-electron chi connectivity index (χ2n) is 6.45. The van der Waals surface area contributed by atoms with Crippen molar-refractivity contribution >= 4 is 17.2 Å². The molecule has 3 rings (SSSR count). The predicted molar refractivity (Wildman–Crippen MR) is 103 cm³/mol. The molecule has 0 atom stereocenters. The van der Waals surface area contributed by atoms with Crippen LogP contribution in [0.3, 0.4) is 0 Å². The number of hydrogen-bond acceptors (Lipinski definition) is 4. The number of anilines is 1. The summed E-state index contributed by atoms with van der Waals surface area (Å²) in [6, 6.07) is 5.87. The van der Waals surface area contributed by atoms with Crippen molar-refractivity contribution in [3.8, 4) is 0 Å². The van der Waals surface area contributed by atoms with Gasteiger partial charge in [-0.2, -0.15) is 5.10 Å². The molecule has 0 aliphatic rings. The summed E-state index contributed by atoms with van der Waals surface area (Å²) in [6.45, 7) is 11.1. The van der Waals surface area contributed by atoms with Gasteiger partial charge in [0.25, 0.3) is 5.91 Å². The van der Waals surface area contributed by atoms with Crippen molar-refractivity contribution < 1.29 is 4.79 Å². The average molecular weight is 351 g/mol. The molecule has 1 N–H and O–H groups in total. The standard InChI is InChI=1S/C20H25N5O/c1-5-24(6-2)12-16-10-21-19-17(11-22-25(19)13-16)20(26)23-18-9-7-8-14(3)15(18)4/h7-11,13H,5-6,12H2,1-4H3,(H,23,26). The first-order valence-corrected chi connectivity index (χ1v) is 8.95. The fraction of sp³-hybridized carbons (Fsp3) is 0.350. The Morgan fingerprint density at radius 3 is 2.69 bits per heavy atom. The number of hydrogen-bond donors (Lipinski definition) is 1. The van der Waals surface area contributed by atoms with Gasteiger partial charge in [0.05, 0.1) is 6.20 Å². The third-order valence-corrected chi connectivity index (χ3v) is 4.81. The average Bonchev–Trinajstić information content (AvgIpc) is 3.06. The Labute approximate surface area is 153 Å². The highest BCUT2D eigenvalue weighted by Gasteiger charge is 2.16. The molecule has 3 aromatic rings. The number of rotatable bonds is 6. The molecule has 0 spiro atoms. The highest BCUT2D eigenvalue weighted by atomic mass is 16.1. The second kappa shape index (κ2) is 7.66. The third kappa shape index (κ3) is 3.60. The van der Waals surface area contributed by atoms with E-state index in [2.05, 4.69) is 34.1 Å². The van der Waals surface area contributed by atoms with Gasteiger partial charge >= 0.3 is 0 Å². The summed E-state index contributed by atoms with van der Waals surface area (Å²) in [6.07, 6.45) is 5.34. The SMILES string of the molecule is CCN(CC)Cc1cnc2c(C(=O)Nc3cccc(C)c3C)cnn2c1. The van der Waals surface area contributed by atoms with E-state index >= 15 is 0 Å². The monoisotopic (exact) mass is 351 g/mol. The van der Waals surface area contributed by atoms with Crippen LogP contribution < -0.4 is 5.32 Å². The molecule has 0 fully saturated rings. The molecule has 2 aromatic heterocycles. The number of fused-ring (bicyclic) bond motifs is 1. The first-order chi connectivity index (χ1) is 12.5. The lowest BCUT2D eigenvalue weighted by atomic mass is 10.1. The Bertz CT molecular complexity index is 927. The number of amides is 1. The quantitative estimate of drug-likeness (QED) is 0.739. The summed E-state index contributed by atoms with van der Waals surface area (Å²) in [4.78, 5) is 19.5. The van der Waals surface area contributed by atoms with Gasteiger partial charge < -0.3 is 5.32 Å². The van der Waals surface area contributed by atoms with Crippen LogP contribution in [0.15, 0.2) is 36.8 Å². The van der Waals surface area contributed by atoms with E-state index in [1.165, 1.54) is 0 Å². The molecule has 0 aliphatic carbocycles. The van der Waals surface area contributed by atoms with Crippen molar-refractivity contribution in [1.29, 1.82) is 0 Å². The zero-order chi connectivity index (χ0) is 18.7. The first-order valence-electron chi connectivity index (χ1n) is 8.95. The Balaban J connectivity index is 1.84. The molecule has 0 saturated heterocycles. The van der Waals surface area contributed by atoms with E-state index in [0.717, 1.165) is 42.0 Å². The van der Waals surface area contributed by atoms with Crippen molar-refractivity contribution in [2.24, 2.45) is 0 Å². The van der Waals surface area contributed by atoms with Gasteiger partial charge in [-0.05, 0) is 44.1 Å². The third-order valence-electron chi connectivity index (χ3n) is 4.81. The van der Waals surface area contributed by atoms with Crippen molar-refractivity contribution in [1.82, 2.24) is 19.5 Å². The minimum Gasteiger partial charge on any atom is -0.322 e. The molecule has 136 valence electrons. The Morgan fingerprint density at radius 1 is 1.19 bits per heavy atom. The molecule has 0 bridgehead atoms. The maximum atomic E-state index is 12.7. The summed E-state index contributed by atoms with van der Waals surface area (Å²) >= 11 is 0. The minimum atomic E-state index is -0.197. The molecule has 0 unspecified atom stereocenters. The van der Waals surface area contributed by atoms with Crippen molar-refractivity contribution in [3.05, 3.63) is 59.0 Å². The predicted octanol–water partition coefficient (Wildman–Crippen LogP) is 3.44. The molecular formula is C20H25N5O. The number of carbonyl (C=O) groups is 1. The number of nitrogens with one attached hydrogen (secondary N) is 1. The number of carbonyl (C=O) groups excluding carboxylic acids is 1. The van der Waals surface area contributed by atoms with Crippen LogP contribution in [0, 0.1) is 13.8 Å². The van der Waals surface area contributed by atoms with Gasteiger partial charge in [-0.3, -0.25) is 9.69 Å². The van der Waals surface area contributed by atoms with Gasteiger partial charge in [-0.1, -0.05) is 26.0 Å². The minimum absolute atomic E-state index is 0.197. The van der Waals surface area contributed by atoms with Gasteiger partial charge in [0.15, 0.2) is 5.65 Å². The fourth-order valence-electron chi connectivity index (χ4n) is 2.94. The Morgan fingerprint density at radius 2 is 1.96 bits per heavy atom. The molecule has 0 saturated carbocycles. The molecule has 0 radical (unpaired) electrons. The molecule has 1 aromatic carbocycles. The molecular weight excluding hydrogens is 326 g/mol. The van der Waals surface area contributed by atoms with Crippen LogP contribution in [0.2, 0.25) is 0 Å². The smallest absolute Gasteiger partial charge is 0.261 e. The van der Waals surface area contributed by atoms with Crippen LogP contribution in [0.4, 0.5) is 5.69 Å². The Kier molecular flexibility index (Phi) is 5.32. The van der Waals surface area contributed by atoms with Crippen molar-refractivity contribution in [2.75, 3.05) is 18.4 Å². The van der Waals surface area contributed by atoms with Crippen LogP contribution in [-0.4, -0.2) is 38.5 Å². The van der Waals surface area contributed by atoms with E-state index in [9.17, 15) is 4.79 Å². The zero-order valence-electron chi connectivity index (χ0n) is 15.8. The lowest BCUT2D eigenvalue weighted by molar-refractivity contribution is 0.102. The molecule has 6 nitrogen and oxygen atoms in total. The van der Waals surface area contributed by atoms with Gasteiger partial charge in [0, 0.05) is 30.2 Å². The zero-order valence-corrected chi connectivity index (χ0v) is 15.8. The maximum Gasteiger partial charge on any atom is 0.261 e. The van der Waals surface area contributed by atoms with E-state index in [4.69, 9.17) is 0 Å². The molecule has 6 heteroatoms. The van der Waals surface area contributed by atoms with E-state index in [0.29, 0.717) is 11.2 Å². The van der Waals surface area contributed by atoms with Crippen LogP contribution in [0.5, 0.6) is 0 Å². The van der Waals surface area contributed by atoms with Crippen LogP contribution >= 0.6 is 0 Å². The topological polar surface area (TPSA) is 62.5 Å². The molecule has 2 heterocycles. The first kappa shape index (κ1) is 18.1. The van der Waals surface area contributed by atoms with E-state index in [1.807, 2.05) is 44.4 Å². The number of benzene rings is 1. The highest BCUT2D eigenvalue weighted by molar-refractivity contribution is 6.08. The van der Waals surface area contributed by atoms with Gasteiger partial charge in [0.2, 0.25) is 0 Å². The number of aromatic nitrogens is 3. The van der Waals surface area contributed by atoms with Crippen molar-refractivity contribution in [2.45, 2.75) is 34.2 Å². The van der Waals surface area contributed by atoms with Crippen LogP contribution in [0.1, 0.15) is 40.9 Å². The second-order valence-corrected chi connectivity index (χ2v) is 6.45. The Hall–Kier alpha value is -2.73. The lowest BCUT2D eigenvalue weighted by Gasteiger charge is -2.17. The maximum absolute atomic E-state index is 12.7. The number of aryl methyl sites for hydroxylation is 1. The van der Waals surface area contributed by atoms with E-state index < -0.39 is 0 Å². The highest BCUT2D eigenvalue weighted by Crippen LogP contribution is 2.20. The lowest BCUT2D eigenvalue weighted by Crippen LogP contribution is -2.22. The van der Waals surface area contributed by atoms with Crippen LogP contribution in [0.25, 0.3) is 5.65 Å². The largest absolute Gasteiger partial charge is 0.322 e. The van der Waals surface area contributed by atoms with Gasteiger partial charge in [-0.15, -0.1) is 0 Å². The summed E-state index contributed by atoms with van der Waals surface area (Å²) < 4.78 is 1.68. The molecule has 0 aliphatic heterocycles. The van der Waals surface area contributed by atoms with Crippen LogP contribution in [-0.2, 0) is 6.54 Å². The fourth-order valence-corrected chi connectivity index (χ4v) is 2.94.